The first kappa shape index (κ1) is 13.5. The van der Waals surface area contributed by atoms with Crippen LogP contribution in [0.15, 0.2) is 12.1 Å². The Morgan fingerprint density at radius 3 is 2.41 bits per heavy atom. The van der Waals surface area contributed by atoms with Gasteiger partial charge in [0.15, 0.2) is 0 Å². The maximum atomic E-state index is 10.8. The molecule has 0 aliphatic carbocycles. The number of carboxylic acids is 1. The fraction of sp³-hybridized carbons (Fsp3) is 0.462. The standard InChI is InChI=1S/C13H19NO3/c1-8-5-10(11(17-4)6-9(8)2)13(3,14)7-12(15)16/h5-6H,7,14H2,1-4H3,(H,15,16). The predicted molar refractivity (Wildman–Crippen MR) is 66.3 cm³/mol. The molecular weight excluding hydrogens is 218 g/mol. The Labute approximate surface area is 101 Å². The summed E-state index contributed by atoms with van der Waals surface area (Å²) in [4.78, 5) is 10.8. The molecule has 1 aromatic rings. The van der Waals surface area contributed by atoms with Crippen molar-refractivity contribution in [3.05, 3.63) is 28.8 Å². The topological polar surface area (TPSA) is 72.5 Å². The third-order valence-corrected chi connectivity index (χ3v) is 2.95. The Morgan fingerprint density at radius 2 is 1.94 bits per heavy atom. The molecule has 4 heteroatoms. The van der Waals surface area contributed by atoms with Gasteiger partial charge in [-0.25, -0.2) is 0 Å². The molecule has 0 amide bonds. The summed E-state index contributed by atoms with van der Waals surface area (Å²) < 4.78 is 5.28. The smallest absolute Gasteiger partial charge is 0.305 e. The van der Waals surface area contributed by atoms with Crippen LogP contribution in [0.25, 0.3) is 0 Å². The van der Waals surface area contributed by atoms with Gasteiger partial charge in [-0.05, 0) is 38.0 Å². The lowest BCUT2D eigenvalue weighted by Gasteiger charge is -2.26. The zero-order chi connectivity index (χ0) is 13.2. The molecule has 3 N–H and O–H groups in total. The first-order valence-electron chi connectivity index (χ1n) is 5.44. The molecule has 0 spiro atoms. The van der Waals surface area contributed by atoms with Crippen LogP contribution in [-0.2, 0) is 10.3 Å². The van der Waals surface area contributed by atoms with Crippen LogP contribution in [-0.4, -0.2) is 18.2 Å². The molecule has 0 bridgehead atoms. The predicted octanol–water partition coefficient (Wildman–Crippen LogP) is 1.96. The molecular formula is C13H19NO3. The van der Waals surface area contributed by atoms with E-state index in [1.165, 1.54) is 0 Å². The first-order chi connectivity index (χ1) is 7.77. The molecule has 0 fully saturated rings. The molecule has 0 aliphatic heterocycles. The van der Waals surface area contributed by atoms with Gasteiger partial charge in [-0.2, -0.15) is 0 Å². The van der Waals surface area contributed by atoms with Gasteiger partial charge in [0.25, 0.3) is 0 Å². The molecule has 1 rings (SSSR count). The third-order valence-electron chi connectivity index (χ3n) is 2.95. The summed E-state index contributed by atoms with van der Waals surface area (Å²) in [5, 5.41) is 8.88. The zero-order valence-corrected chi connectivity index (χ0v) is 10.7. The summed E-state index contributed by atoms with van der Waals surface area (Å²) in [6.07, 6.45) is -0.133. The second kappa shape index (κ2) is 4.75. The molecule has 94 valence electrons. The van der Waals surface area contributed by atoms with Crippen molar-refractivity contribution in [2.45, 2.75) is 32.7 Å². The molecule has 4 nitrogen and oxygen atoms in total. The highest BCUT2D eigenvalue weighted by molar-refractivity contribution is 5.69. The van der Waals surface area contributed by atoms with Gasteiger partial charge in [0, 0.05) is 5.56 Å². The Balaban J connectivity index is 3.28. The first-order valence-corrected chi connectivity index (χ1v) is 5.44. The monoisotopic (exact) mass is 237 g/mol. The fourth-order valence-electron chi connectivity index (χ4n) is 1.81. The number of ether oxygens (including phenoxy) is 1. The minimum atomic E-state index is -0.935. The maximum absolute atomic E-state index is 10.8. The van der Waals surface area contributed by atoms with Crippen molar-refractivity contribution in [1.29, 1.82) is 0 Å². The molecule has 0 saturated carbocycles. The lowest BCUT2D eigenvalue weighted by atomic mass is 9.87. The highest BCUT2D eigenvalue weighted by Gasteiger charge is 2.28. The van der Waals surface area contributed by atoms with Crippen molar-refractivity contribution in [1.82, 2.24) is 0 Å². The van der Waals surface area contributed by atoms with Gasteiger partial charge in [-0.3, -0.25) is 4.79 Å². The number of rotatable bonds is 4. The van der Waals surface area contributed by atoms with E-state index in [-0.39, 0.29) is 6.42 Å². The van der Waals surface area contributed by atoms with Crippen LogP contribution in [0.1, 0.15) is 30.0 Å². The van der Waals surface area contributed by atoms with Crippen LogP contribution < -0.4 is 10.5 Å². The molecule has 1 aromatic carbocycles. The van der Waals surface area contributed by atoms with Crippen LogP contribution in [0.5, 0.6) is 5.75 Å². The summed E-state index contributed by atoms with van der Waals surface area (Å²) >= 11 is 0. The molecule has 1 atom stereocenters. The van der Waals surface area contributed by atoms with Gasteiger partial charge in [0.2, 0.25) is 0 Å². The lowest BCUT2D eigenvalue weighted by molar-refractivity contribution is -0.138. The van der Waals surface area contributed by atoms with E-state index in [0.29, 0.717) is 5.75 Å². The van der Waals surface area contributed by atoms with Gasteiger partial charge in [-0.15, -0.1) is 0 Å². The quantitative estimate of drug-likeness (QED) is 0.839. The normalized spacial score (nSPS) is 14.2. The number of carbonyl (C=O) groups is 1. The molecule has 0 aromatic heterocycles. The summed E-state index contributed by atoms with van der Waals surface area (Å²) in [7, 11) is 1.56. The number of aliphatic carboxylic acids is 1. The SMILES string of the molecule is COc1cc(C)c(C)cc1C(C)(N)CC(=O)O. The van der Waals surface area contributed by atoms with E-state index in [9.17, 15) is 4.79 Å². The summed E-state index contributed by atoms with van der Waals surface area (Å²) in [5.74, 6) is -0.283. The van der Waals surface area contributed by atoms with E-state index in [2.05, 4.69) is 0 Å². The minimum Gasteiger partial charge on any atom is -0.496 e. The second-order valence-electron chi connectivity index (χ2n) is 4.62. The van der Waals surface area contributed by atoms with Gasteiger partial charge in [0.05, 0.1) is 19.1 Å². The van der Waals surface area contributed by atoms with Crippen LogP contribution >= 0.6 is 0 Å². The van der Waals surface area contributed by atoms with Gasteiger partial charge in [-0.1, -0.05) is 6.07 Å². The number of hydrogen-bond donors (Lipinski definition) is 2. The molecule has 0 radical (unpaired) electrons. The van der Waals surface area contributed by atoms with Crippen LogP contribution in [0.3, 0.4) is 0 Å². The van der Waals surface area contributed by atoms with E-state index >= 15 is 0 Å². The van der Waals surface area contributed by atoms with Gasteiger partial charge < -0.3 is 15.6 Å². The van der Waals surface area contributed by atoms with Crippen molar-refractivity contribution in [2.75, 3.05) is 7.11 Å². The van der Waals surface area contributed by atoms with Crippen molar-refractivity contribution in [3.63, 3.8) is 0 Å². The van der Waals surface area contributed by atoms with Crippen LogP contribution in [0.4, 0.5) is 0 Å². The van der Waals surface area contributed by atoms with E-state index in [1.54, 1.807) is 14.0 Å². The number of aryl methyl sites for hydroxylation is 2. The molecule has 1 unspecified atom stereocenters. The third kappa shape index (κ3) is 2.97. The van der Waals surface area contributed by atoms with E-state index in [1.807, 2.05) is 26.0 Å². The number of nitrogens with two attached hydrogens (primary N) is 1. The Bertz CT molecular complexity index is 439. The summed E-state index contributed by atoms with van der Waals surface area (Å²) in [5.41, 5.74) is 8.03. The Morgan fingerprint density at radius 1 is 1.41 bits per heavy atom. The fourth-order valence-corrected chi connectivity index (χ4v) is 1.81. The molecule has 0 saturated heterocycles. The van der Waals surface area contributed by atoms with E-state index < -0.39 is 11.5 Å². The average molecular weight is 237 g/mol. The Hall–Kier alpha value is -1.55. The number of hydrogen-bond acceptors (Lipinski definition) is 3. The van der Waals surface area contributed by atoms with Crippen molar-refractivity contribution >= 4 is 5.97 Å². The maximum Gasteiger partial charge on any atom is 0.305 e. The molecule has 17 heavy (non-hydrogen) atoms. The van der Waals surface area contributed by atoms with E-state index in [0.717, 1.165) is 16.7 Å². The second-order valence-corrected chi connectivity index (χ2v) is 4.62. The van der Waals surface area contributed by atoms with E-state index in [4.69, 9.17) is 15.6 Å². The van der Waals surface area contributed by atoms with Crippen LogP contribution in [0.2, 0.25) is 0 Å². The Kier molecular flexibility index (Phi) is 3.78. The highest BCUT2D eigenvalue weighted by atomic mass is 16.5. The minimum absolute atomic E-state index is 0.133. The number of methoxy groups -OCH3 is 1. The average Bonchev–Trinajstić information content (AvgIpc) is 2.19. The molecule has 0 heterocycles. The van der Waals surface area contributed by atoms with Crippen molar-refractivity contribution < 1.29 is 14.6 Å². The number of carboxylic acid groups (broad SMARTS) is 1. The van der Waals surface area contributed by atoms with Gasteiger partial charge >= 0.3 is 5.97 Å². The largest absolute Gasteiger partial charge is 0.496 e. The van der Waals surface area contributed by atoms with Gasteiger partial charge in [0.1, 0.15) is 5.75 Å². The summed E-state index contributed by atoms with van der Waals surface area (Å²) in [6.45, 7) is 5.65. The molecule has 0 aliphatic rings. The lowest BCUT2D eigenvalue weighted by Crippen LogP contribution is -2.36. The highest BCUT2D eigenvalue weighted by Crippen LogP contribution is 2.32. The number of benzene rings is 1. The van der Waals surface area contributed by atoms with Crippen molar-refractivity contribution in [2.24, 2.45) is 5.73 Å². The van der Waals surface area contributed by atoms with Crippen molar-refractivity contribution in [3.8, 4) is 5.75 Å². The summed E-state index contributed by atoms with van der Waals surface area (Å²) in [6, 6.07) is 3.79. The van der Waals surface area contributed by atoms with Crippen LogP contribution in [0, 0.1) is 13.8 Å². The zero-order valence-electron chi connectivity index (χ0n) is 10.7.